The van der Waals surface area contributed by atoms with E-state index in [1.165, 1.54) is 44.9 Å². The smallest absolute Gasteiger partial charge is 0.174 e. The van der Waals surface area contributed by atoms with Crippen molar-refractivity contribution in [1.82, 2.24) is 0 Å². The van der Waals surface area contributed by atoms with E-state index in [2.05, 4.69) is 6.92 Å². The third-order valence-corrected chi connectivity index (χ3v) is 8.73. The first-order valence-corrected chi connectivity index (χ1v) is 12.6. The lowest BCUT2D eigenvalue weighted by Crippen LogP contribution is -2.44. The molecule has 3 heteroatoms. The fourth-order valence-corrected chi connectivity index (χ4v) is 5.93. The zero-order chi connectivity index (χ0) is 17.8. The van der Waals surface area contributed by atoms with Gasteiger partial charge in [-0.05, 0) is 18.0 Å². The highest BCUT2D eigenvalue weighted by Gasteiger charge is 2.31. The number of hydrogen-bond acceptors (Lipinski definition) is 0. The van der Waals surface area contributed by atoms with Gasteiger partial charge in [-0.25, -0.2) is 0 Å². The first-order chi connectivity index (χ1) is 11.5. The van der Waals surface area contributed by atoms with E-state index < -0.39 is 14.2 Å². The lowest BCUT2D eigenvalue weighted by molar-refractivity contribution is 0.411. The van der Waals surface area contributed by atoms with Crippen LogP contribution >= 0.6 is 0 Å². The molecule has 0 amide bonds. The highest BCUT2D eigenvalue weighted by molar-refractivity contribution is 6.95. The van der Waals surface area contributed by atoms with Crippen LogP contribution < -0.4 is 5.19 Å². The van der Waals surface area contributed by atoms with Crippen LogP contribution in [0.4, 0.5) is 8.78 Å². The van der Waals surface area contributed by atoms with Crippen molar-refractivity contribution in [2.75, 3.05) is 0 Å². The first kappa shape index (κ1) is 21.1. The van der Waals surface area contributed by atoms with Gasteiger partial charge in [0.15, 0.2) is 0 Å². The molecule has 0 N–H and O–H groups in total. The summed E-state index contributed by atoms with van der Waals surface area (Å²) in [5.41, 5.74) is 0. The van der Waals surface area contributed by atoms with Gasteiger partial charge in [0.1, 0.15) is 8.07 Å². The van der Waals surface area contributed by atoms with E-state index in [1.54, 1.807) is 0 Å². The Balaban J connectivity index is 2.39. The Morgan fingerprint density at radius 3 is 1.79 bits per heavy atom. The highest BCUT2D eigenvalue weighted by atomic mass is 28.3. The average Bonchev–Trinajstić information content (AvgIpc) is 2.57. The Kier molecular flexibility index (Phi) is 10.2. The summed E-state index contributed by atoms with van der Waals surface area (Å²) in [6, 6.07) is 9.87. The Labute approximate surface area is 148 Å². The van der Waals surface area contributed by atoms with E-state index in [1.807, 2.05) is 43.4 Å². The fourth-order valence-electron chi connectivity index (χ4n) is 3.28. The molecular formula is C21H34F2Si. The van der Waals surface area contributed by atoms with Gasteiger partial charge < -0.3 is 0 Å². The molecule has 0 atom stereocenters. The molecule has 1 rings (SSSR count). The van der Waals surface area contributed by atoms with Crippen LogP contribution in [0.25, 0.3) is 0 Å². The molecule has 0 bridgehead atoms. The van der Waals surface area contributed by atoms with E-state index in [-0.39, 0.29) is 0 Å². The lowest BCUT2D eigenvalue weighted by Gasteiger charge is -2.26. The molecule has 0 unspecified atom stereocenters. The van der Waals surface area contributed by atoms with E-state index in [0.717, 1.165) is 18.0 Å². The molecule has 136 valence electrons. The molecule has 0 saturated carbocycles. The maximum atomic E-state index is 13.5. The molecule has 0 aliphatic rings. The van der Waals surface area contributed by atoms with Crippen LogP contribution in [-0.2, 0) is 0 Å². The minimum Gasteiger partial charge on any atom is -0.174 e. The fraction of sp³-hybridized carbons (Fsp3) is 0.619. The van der Waals surface area contributed by atoms with Crippen molar-refractivity contribution < 1.29 is 8.78 Å². The van der Waals surface area contributed by atoms with Crippen LogP contribution in [0.2, 0.25) is 13.1 Å². The van der Waals surface area contributed by atoms with Gasteiger partial charge in [0.05, 0.1) is 0 Å². The van der Waals surface area contributed by atoms with Gasteiger partial charge in [-0.15, -0.1) is 0 Å². The van der Waals surface area contributed by atoms with Crippen molar-refractivity contribution in [2.45, 2.75) is 84.2 Å². The molecule has 0 fully saturated rings. The van der Waals surface area contributed by atoms with Crippen molar-refractivity contribution in [1.29, 1.82) is 0 Å². The van der Waals surface area contributed by atoms with Gasteiger partial charge in [-0.2, -0.15) is 8.78 Å². The predicted octanol–water partition coefficient (Wildman–Crippen LogP) is 7.21. The van der Waals surface area contributed by atoms with Crippen molar-refractivity contribution in [3.63, 3.8) is 0 Å². The summed E-state index contributed by atoms with van der Waals surface area (Å²) in [6.45, 7) is 6.32. The third-order valence-electron chi connectivity index (χ3n) is 5.01. The summed E-state index contributed by atoms with van der Waals surface area (Å²) in [5.74, 6) is 0. The summed E-state index contributed by atoms with van der Waals surface area (Å²) < 4.78 is 27.1. The van der Waals surface area contributed by atoms with Crippen LogP contribution in [0.3, 0.4) is 0 Å². The molecule has 1 aromatic rings. The second kappa shape index (κ2) is 11.6. The van der Waals surface area contributed by atoms with Gasteiger partial charge in [-0.1, -0.05) is 107 Å². The quantitative estimate of drug-likeness (QED) is 0.275. The SMILES string of the molecule is CCCCCCCCCCCC(=C(F)F)[Si](C)(C)c1ccccc1. The summed E-state index contributed by atoms with van der Waals surface area (Å²) in [5, 5.41) is 1.54. The number of hydrogen-bond donors (Lipinski definition) is 0. The maximum absolute atomic E-state index is 13.5. The molecule has 1 aromatic carbocycles. The molecule has 0 saturated heterocycles. The first-order valence-electron chi connectivity index (χ1n) is 9.60. The Hall–Kier alpha value is -0.963. The summed E-state index contributed by atoms with van der Waals surface area (Å²) in [4.78, 5) is 0. The Bertz CT molecular complexity index is 476. The van der Waals surface area contributed by atoms with Crippen molar-refractivity contribution in [3.05, 3.63) is 41.6 Å². The van der Waals surface area contributed by atoms with E-state index >= 15 is 0 Å². The maximum Gasteiger partial charge on any atom is 0.266 e. The van der Waals surface area contributed by atoms with Crippen molar-refractivity contribution in [3.8, 4) is 0 Å². The van der Waals surface area contributed by atoms with Crippen LogP contribution in [0.5, 0.6) is 0 Å². The molecule has 0 aromatic heterocycles. The topological polar surface area (TPSA) is 0 Å². The molecule has 0 radical (unpaired) electrons. The standard InChI is InChI=1S/C21H34F2Si/c1-4-5-6-7-8-9-10-11-15-18-20(21(22)23)24(2,3)19-16-13-12-14-17-19/h12-14,16-17H,4-11,15,18H2,1-3H3. The minimum atomic E-state index is -2.23. The van der Waals surface area contributed by atoms with Gasteiger partial charge in [0.25, 0.3) is 6.08 Å². The third kappa shape index (κ3) is 7.29. The second-order valence-corrected chi connectivity index (χ2v) is 11.7. The number of unbranched alkanes of at least 4 members (excludes halogenated alkanes) is 8. The largest absolute Gasteiger partial charge is 0.266 e. The Morgan fingerprint density at radius 2 is 1.29 bits per heavy atom. The van der Waals surface area contributed by atoms with E-state index in [9.17, 15) is 8.78 Å². The number of halogens is 2. The van der Waals surface area contributed by atoms with Crippen molar-refractivity contribution >= 4 is 13.3 Å². The van der Waals surface area contributed by atoms with E-state index in [4.69, 9.17) is 0 Å². The van der Waals surface area contributed by atoms with Crippen LogP contribution in [0, 0.1) is 0 Å². The normalized spacial score (nSPS) is 11.5. The zero-order valence-electron chi connectivity index (χ0n) is 15.7. The van der Waals surface area contributed by atoms with Crippen molar-refractivity contribution in [2.24, 2.45) is 0 Å². The number of benzene rings is 1. The predicted molar refractivity (Wildman–Crippen MR) is 105 cm³/mol. The monoisotopic (exact) mass is 352 g/mol. The van der Waals surface area contributed by atoms with Crippen LogP contribution in [-0.4, -0.2) is 8.07 Å². The molecule has 0 nitrogen and oxygen atoms in total. The second-order valence-electron chi connectivity index (χ2n) is 7.31. The number of allylic oxidation sites excluding steroid dienone is 1. The van der Waals surface area contributed by atoms with E-state index in [0.29, 0.717) is 11.6 Å². The van der Waals surface area contributed by atoms with Crippen LogP contribution in [0.15, 0.2) is 41.6 Å². The molecule has 0 aliphatic heterocycles. The minimum absolute atomic E-state index is 0.441. The van der Waals surface area contributed by atoms with Gasteiger partial charge in [0, 0.05) is 0 Å². The number of rotatable bonds is 12. The molecule has 0 spiro atoms. The molecular weight excluding hydrogens is 318 g/mol. The summed E-state index contributed by atoms with van der Waals surface area (Å²) in [6.07, 6.45) is 10.1. The van der Waals surface area contributed by atoms with Gasteiger partial charge in [0.2, 0.25) is 0 Å². The summed E-state index contributed by atoms with van der Waals surface area (Å²) in [7, 11) is -2.23. The molecule has 0 heterocycles. The summed E-state index contributed by atoms with van der Waals surface area (Å²) >= 11 is 0. The lowest BCUT2D eigenvalue weighted by atomic mass is 10.1. The highest BCUT2D eigenvalue weighted by Crippen LogP contribution is 2.26. The zero-order valence-corrected chi connectivity index (χ0v) is 16.7. The Morgan fingerprint density at radius 1 is 0.792 bits per heavy atom. The van der Waals surface area contributed by atoms with Crippen LogP contribution in [0.1, 0.15) is 71.1 Å². The molecule has 0 aliphatic carbocycles. The molecule has 24 heavy (non-hydrogen) atoms. The average molecular weight is 353 g/mol. The van der Waals surface area contributed by atoms with Gasteiger partial charge >= 0.3 is 0 Å². The van der Waals surface area contributed by atoms with Gasteiger partial charge in [-0.3, -0.25) is 0 Å².